The molecule has 35 heavy (non-hydrogen) atoms. The Hall–Kier alpha value is -1.11. The van der Waals surface area contributed by atoms with Crippen molar-refractivity contribution in [2.24, 2.45) is 45.8 Å². The van der Waals surface area contributed by atoms with Crippen LogP contribution in [0.1, 0.15) is 73.1 Å². The second-order valence-electron chi connectivity index (χ2n) is 13.7. The molecule has 0 spiro atoms. The molecule has 6 nitrogen and oxygen atoms in total. The van der Waals surface area contributed by atoms with E-state index in [2.05, 4.69) is 40.7 Å². The molecule has 196 valence electrons. The number of epoxide rings is 1. The van der Waals surface area contributed by atoms with E-state index in [9.17, 15) is 4.79 Å². The van der Waals surface area contributed by atoms with Gasteiger partial charge in [0.25, 0.3) is 0 Å². The van der Waals surface area contributed by atoms with E-state index in [1.807, 2.05) is 0 Å². The summed E-state index contributed by atoms with van der Waals surface area (Å²) in [6.07, 6.45) is 9.00. The Morgan fingerprint density at radius 1 is 1.06 bits per heavy atom. The normalized spacial score (nSPS) is 49.0. The largest absolute Gasteiger partial charge is 0.508 e. The lowest BCUT2D eigenvalue weighted by Crippen LogP contribution is -2.57. The number of rotatable bonds is 3. The molecule has 4 unspecified atom stereocenters. The number of methoxy groups -OCH3 is 1. The van der Waals surface area contributed by atoms with Crippen molar-refractivity contribution in [3.63, 3.8) is 0 Å². The Bertz CT molecular complexity index is 888. The summed E-state index contributed by atoms with van der Waals surface area (Å²) in [5.41, 5.74) is 1.78. The van der Waals surface area contributed by atoms with Crippen LogP contribution < -0.4 is 0 Å². The fourth-order valence-electron chi connectivity index (χ4n) is 9.39. The maximum absolute atomic E-state index is 12.3. The van der Waals surface area contributed by atoms with Crippen LogP contribution in [0.5, 0.6) is 0 Å². The highest BCUT2D eigenvalue weighted by molar-refractivity contribution is 5.60. The highest BCUT2D eigenvalue weighted by Gasteiger charge is 2.68. The molecule has 0 aromatic carbocycles. The third-order valence-electron chi connectivity index (χ3n) is 11.2. The highest BCUT2D eigenvalue weighted by atomic mass is 16.7. The van der Waals surface area contributed by atoms with Gasteiger partial charge in [-0.3, -0.25) is 0 Å². The molecule has 0 N–H and O–H groups in total. The minimum Gasteiger partial charge on any atom is -0.438 e. The molecular formula is C29H44O6. The Balaban J connectivity index is 1.30. The summed E-state index contributed by atoms with van der Waals surface area (Å²) < 4.78 is 29.7. The topological polar surface area (TPSA) is 66.5 Å². The molecule has 6 heteroatoms. The molecule has 2 aliphatic heterocycles. The van der Waals surface area contributed by atoms with E-state index in [0.717, 1.165) is 32.5 Å². The first-order valence-electron chi connectivity index (χ1n) is 13.9. The number of ether oxygens (including phenoxy) is 5. The van der Waals surface area contributed by atoms with Gasteiger partial charge >= 0.3 is 6.16 Å². The number of carbonyl (C=O) groups excluding carboxylic acids is 1. The van der Waals surface area contributed by atoms with Gasteiger partial charge in [0.1, 0.15) is 6.10 Å². The van der Waals surface area contributed by atoms with Crippen molar-refractivity contribution in [3.8, 4) is 0 Å². The van der Waals surface area contributed by atoms with Gasteiger partial charge in [-0.15, -0.1) is 0 Å². The zero-order valence-electron chi connectivity index (χ0n) is 22.4. The summed E-state index contributed by atoms with van der Waals surface area (Å²) in [6.45, 7) is 13.2. The van der Waals surface area contributed by atoms with Gasteiger partial charge < -0.3 is 23.7 Å². The van der Waals surface area contributed by atoms with Crippen molar-refractivity contribution in [1.29, 1.82) is 0 Å². The first kappa shape index (κ1) is 24.2. The van der Waals surface area contributed by atoms with Crippen LogP contribution in [0.3, 0.4) is 0 Å². The van der Waals surface area contributed by atoms with Crippen molar-refractivity contribution in [1.82, 2.24) is 0 Å². The van der Waals surface area contributed by atoms with Crippen LogP contribution in [-0.4, -0.2) is 51.1 Å². The lowest BCUT2D eigenvalue weighted by molar-refractivity contribution is -0.253. The molecular weight excluding hydrogens is 444 g/mol. The predicted molar refractivity (Wildman–Crippen MR) is 131 cm³/mol. The molecule has 2 saturated heterocycles. The van der Waals surface area contributed by atoms with E-state index in [1.165, 1.54) is 31.9 Å². The maximum Gasteiger partial charge on any atom is 0.508 e. The molecule has 4 aliphatic carbocycles. The second kappa shape index (κ2) is 8.19. The number of hydrogen-bond acceptors (Lipinski definition) is 6. The van der Waals surface area contributed by atoms with Crippen LogP contribution in [0.25, 0.3) is 0 Å². The summed E-state index contributed by atoms with van der Waals surface area (Å²) in [6, 6.07) is 0. The Kier molecular flexibility index (Phi) is 5.67. The van der Waals surface area contributed by atoms with Crippen molar-refractivity contribution >= 4 is 6.16 Å². The summed E-state index contributed by atoms with van der Waals surface area (Å²) >= 11 is 0. The SMILES string of the molecule is COC(=O)OC1C=C2CCC3OC3[C@]2(C)[C@H]2CC[C@]3(C)[C@@H](C(C)C4OCC(C)(C)CO4)CC[C@H]3[C@H]12. The minimum absolute atomic E-state index is 0.0652. The third-order valence-corrected chi connectivity index (χ3v) is 11.2. The van der Waals surface area contributed by atoms with E-state index in [4.69, 9.17) is 23.7 Å². The summed E-state index contributed by atoms with van der Waals surface area (Å²) in [4.78, 5) is 12.3. The lowest BCUT2D eigenvalue weighted by atomic mass is 9.46. The average Bonchev–Trinajstić information content (AvgIpc) is 3.54. The van der Waals surface area contributed by atoms with Gasteiger partial charge in [-0.25, -0.2) is 4.79 Å². The standard InChI is InChI=1S/C29H44O6/c1-16(25-32-14-27(2,3)15-33-25)18-8-9-19-23-20(11-12-28(18,19)4)29(5)17(7-10-21-24(29)34-21)13-22(23)35-26(30)31-6/h13,16,18-25H,7-12,14-15H2,1-6H3/t16?,18-,19+,20+,21?,22?,23+,24?,28-,29+/m1/s1. The fraction of sp³-hybridized carbons (Fsp3) is 0.897. The molecule has 6 aliphatic rings. The van der Waals surface area contributed by atoms with Crippen LogP contribution in [0.4, 0.5) is 4.79 Å². The van der Waals surface area contributed by atoms with E-state index < -0.39 is 6.16 Å². The van der Waals surface area contributed by atoms with Gasteiger partial charge in [-0.05, 0) is 67.8 Å². The first-order chi connectivity index (χ1) is 16.6. The van der Waals surface area contributed by atoms with Crippen molar-refractivity contribution in [2.45, 2.75) is 97.7 Å². The molecule has 6 rings (SSSR count). The van der Waals surface area contributed by atoms with E-state index in [-0.39, 0.29) is 28.6 Å². The third kappa shape index (κ3) is 3.64. The van der Waals surface area contributed by atoms with Crippen LogP contribution in [0, 0.1) is 45.8 Å². The van der Waals surface area contributed by atoms with Gasteiger partial charge in [0.05, 0.1) is 32.5 Å². The minimum atomic E-state index is -0.563. The molecule has 0 bridgehead atoms. The Morgan fingerprint density at radius 3 is 2.51 bits per heavy atom. The van der Waals surface area contributed by atoms with Gasteiger partial charge in [0.15, 0.2) is 6.29 Å². The predicted octanol–water partition coefficient (Wildman–Crippen LogP) is 5.74. The zero-order chi connectivity index (χ0) is 24.8. The molecule has 5 fully saturated rings. The van der Waals surface area contributed by atoms with Gasteiger partial charge in [-0.2, -0.15) is 0 Å². The molecule has 10 atom stereocenters. The van der Waals surface area contributed by atoms with E-state index in [0.29, 0.717) is 41.8 Å². The zero-order valence-corrected chi connectivity index (χ0v) is 22.4. The molecule has 2 heterocycles. The summed E-state index contributed by atoms with van der Waals surface area (Å²) in [5.74, 6) is 2.15. The Morgan fingerprint density at radius 2 is 1.80 bits per heavy atom. The quantitative estimate of drug-likeness (QED) is 0.287. The van der Waals surface area contributed by atoms with E-state index in [1.54, 1.807) is 0 Å². The van der Waals surface area contributed by atoms with Crippen molar-refractivity contribution in [2.75, 3.05) is 20.3 Å². The smallest absolute Gasteiger partial charge is 0.438 e. The fourth-order valence-corrected chi connectivity index (χ4v) is 9.39. The monoisotopic (exact) mass is 488 g/mol. The Labute approximate surface area is 210 Å². The van der Waals surface area contributed by atoms with Crippen molar-refractivity contribution < 1.29 is 28.5 Å². The number of hydrogen-bond donors (Lipinski definition) is 0. The van der Waals surface area contributed by atoms with Crippen molar-refractivity contribution in [3.05, 3.63) is 11.6 Å². The molecule has 0 radical (unpaired) electrons. The lowest BCUT2D eigenvalue weighted by Gasteiger charge is -2.59. The molecule has 0 amide bonds. The number of carbonyl (C=O) groups is 1. The first-order valence-corrected chi connectivity index (χ1v) is 13.9. The van der Waals surface area contributed by atoms with Crippen LogP contribution in [0.2, 0.25) is 0 Å². The van der Waals surface area contributed by atoms with E-state index >= 15 is 0 Å². The average molecular weight is 489 g/mol. The maximum atomic E-state index is 12.3. The van der Waals surface area contributed by atoms with Crippen LogP contribution in [0.15, 0.2) is 11.6 Å². The number of fused-ring (bicyclic) bond motifs is 7. The molecule has 0 aromatic rings. The highest BCUT2D eigenvalue weighted by Crippen LogP contribution is 2.69. The summed E-state index contributed by atoms with van der Waals surface area (Å²) in [5, 5.41) is 0. The van der Waals surface area contributed by atoms with Crippen LogP contribution in [-0.2, 0) is 23.7 Å². The van der Waals surface area contributed by atoms with Crippen LogP contribution >= 0.6 is 0 Å². The second-order valence-corrected chi connectivity index (χ2v) is 13.7. The van der Waals surface area contributed by atoms with Gasteiger partial charge in [-0.1, -0.05) is 40.2 Å². The molecule has 0 aromatic heterocycles. The van der Waals surface area contributed by atoms with Gasteiger partial charge in [0.2, 0.25) is 0 Å². The van der Waals surface area contributed by atoms with Gasteiger partial charge in [0, 0.05) is 22.7 Å². The summed E-state index contributed by atoms with van der Waals surface area (Å²) in [7, 11) is 1.41. The molecule has 3 saturated carbocycles.